The number of hydrogen-bond donors (Lipinski definition) is 1. The fraction of sp³-hybridized carbons (Fsp3) is 0.238. The van der Waals surface area contributed by atoms with Crippen LogP contribution in [0.1, 0.15) is 16.7 Å². The van der Waals surface area contributed by atoms with Crippen molar-refractivity contribution < 1.29 is 4.79 Å². The fourth-order valence-electron chi connectivity index (χ4n) is 2.76. The SMILES string of the molecule is Cc1ccccc1Cn1ccc(NC(=O)Cc2ccc(N(C)C)cc2)n1. The Morgan fingerprint density at radius 1 is 1.08 bits per heavy atom. The van der Waals surface area contributed by atoms with Gasteiger partial charge in [-0.05, 0) is 35.7 Å². The second-order valence-corrected chi connectivity index (χ2v) is 6.61. The minimum Gasteiger partial charge on any atom is -0.378 e. The molecule has 0 spiro atoms. The minimum atomic E-state index is -0.0660. The highest BCUT2D eigenvalue weighted by molar-refractivity contribution is 5.91. The molecule has 5 heteroatoms. The number of nitrogens with zero attached hydrogens (tertiary/aromatic N) is 3. The van der Waals surface area contributed by atoms with Crippen LogP contribution in [0.4, 0.5) is 11.5 Å². The Morgan fingerprint density at radius 3 is 2.50 bits per heavy atom. The highest BCUT2D eigenvalue weighted by atomic mass is 16.1. The van der Waals surface area contributed by atoms with Crippen molar-refractivity contribution in [2.75, 3.05) is 24.3 Å². The van der Waals surface area contributed by atoms with Crippen LogP contribution in [0.2, 0.25) is 0 Å². The van der Waals surface area contributed by atoms with Crippen molar-refractivity contribution in [1.29, 1.82) is 0 Å². The number of aromatic nitrogens is 2. The van der Waals surface area contributed by atoms with Crippen LogP contribution >= 0.6 is 0 Å². The van der Waals surface area contributed by atoms with Gasteiger partial charge in [0.25, 0.3) is 0 Å². The summed E-state index contributed by atoms with van der Waals surface area (Å²) in [6.45, 7) is 2.78. The number of carbonyl (C=O) groups is 1. The summed E-state index contributed by atoms with van der Waals surface area (Å²) in [6, 6.07) is 18.0. The maximum Gasteiger partial charge on any atom is 0.229 e. The van der Waals surface area contributed by atoms with Crippen LogP contribution in [0.25, 0.3) is 0 Å². The van der Waals surface area contributed by atoms with Gasteiger partial charge >= 0.3 is 0 Å². The zero-order chi connectivity index (χ0) is 18.5. The lowest BCUT2D eigenvalue weighted by Gasteiger charge is -2.12. The zero-order valence-electron chi connectivity index (χ0n) is 15.4. The quantitative estimate of drug-likeness (QED) is 0.742. The molecule has 3 rings (SSSR count). The minimum absolute atomic E-state index is 0.0660. The summed E-state index contributed by atoms with van der Waals surface area (Å²) in [5, 5.41) is 7.31. The van der Waals surface area contributed by atoms with Gasteiger partial charge in [-0.25, -0.2) is 0 Å². The predicted molar refractivity (Wildman–Crippen MR) is 106 cm³/mol. The molecule has 1 N–H and O–H groups in total. The number of carbonyl (C=O) groups excluding carboxylic acids is 1. The summed E-state index contributed by atoms with van der Waals surface area (Å²) in [7, 11) is 3.99. The van der Waals surface area contributed by atoms with Gasteiger partial charge in [0.1, 0.15) is 0 Å². The van der Waals surface area contributed by atoms with Crippen molar-refractivity contribution in [3.8, 4) is 0 Å². The van der Waals surface area contributed by atoms with E-state index in [1.807, 2.05) is 72.3 Å². The van der Waals surface area contributed by atoms with Crippen molar-refractivity contribution in [3.05, 3.63) is 77.5 Å². The van der Waals surface area contributed by atoms with Gasteiger partial charge in [0.2, 0.25) is 5.91 Å². The van der Waals surface area contributed by atoms with E-state index in [0.29, 0.717) is 18.8 Å². The monoisotopic (exact) mass is 348 g/mol. The van der Waals surface area contributed by atoms with E-state index in [2.05, 4.69) is 29.5 Å². The molecule has 26 heavy (non-hydrogen) atoms. The topological polar surface area (TPSA) is 50.2 Å². The fourth-order valence-corrected chi connectivity index (χ4v) is 2.76. The van der Waals surface area contributed by atoms with E-state index in [9.17, 15) is 4.79 Å². The first-order valence-electron chi connectivity index (χ1n) is 8.65. The molecule has 5 nitrogen and oxygen atoms in total. The molecular weight excluding hydrogens is 324 g/mol. The van der Waals surface area contributed by atoms with E-state index in [4.69, 9.17) is 0 Å². The van der Waals surface area contributed by atoms with E-state index in [1.54, 1.807) is 0 Å². The Balaban J connectivity index is 1.58. The highest BCUT2D eigenvalue weighted by Gasteiger charge is 2.08. The van der Waals surface area contributed by atoms with Crippen LogP contribution in [0.15, 0.2) is 60.8 Å². The van der Waals surface area contributed by atoms with Crippen LogP contribution < -0.4 is 10.2 Å². The smallest absolute Gasteiger partial charge is 0.229 e. The molecule has 0 radical (unpaired) electrons. The third kappa shape index (κ3) is 4.51. The molecule has 1 aromatic heterocycles. The zero-order valence-corrected chi connectivity index (χ0v) is 15.4. The number of amides is 1. The molecule has 1 heterocycles. The Morgan fingerprint density at radius 2 is 1.81 bits per heavy atom. The molecule has 3 aromatic rings. The van der Waals surface area contributed by atoms with Gasteiger partial charge in [-0.15, -0.1) is 0 Å². The lowest BCUT2D eigenvalue weighted by molar-refractivity contribution is -0.115. The molecule has 0 saturated carbocycles. The molecule has 0 bridgehead atoms. The van der Waals surface area contributed by atoms with Crippen LogP contribution in [-0.2, 0) is 17.8 Å². The number of aryl methyl sites for hydroxylation is 1. The van der Waals surface area contributed by atoms with Gasteiger partial charge in [0.05, 0.1) is 13.0 Å². The molecule has 1 amide bonds. The van der Waals surface area contributed by atoms with Crippen LogP contribution in [-0.4, -0.2) is 29.8 Å². The Labute approximate surface area is 154 Å². The number of benzene rings is 2. The second kappa shape index (κ2) is 7.87. The molecule has 0 aliphatic rings. The van der Waals surface area contributed by atoms with Gasteiger partial charge in [-0.3, -0.25) is 9.48 Å². The summed E-state index contributed by atoms with van der Waals surface area (Å²) in [6.07, 6.45) is 2.21. The first-order valence-corrected chi connectivity index (χ1v) is 8.65. The number of hydrogen-bond acceptors (Lipinski definition) is 3. The number of nitrogens with one attached hydrogen (secondary N) is 1. The Hall–Kier alpha value is -3.08. The molecular formula is C21H24N4O. The van der Waals surface area contributed by atoms with E-state index in [1.165, 1.54) is 11.1 Å². The van der Waals surface area contributed by atoms with Crippen molar-refractivity contribution >= 4 is 17.4 Å². The largest absolute Gasteiger partial charge is 0.378 e. The van der Waals surface area contributed by atoms with Crippen LogP contribution in [0, 0.1) is 6.92 Å². The van der Waals surface area contributed by atoms with Crippen molar-refractivity contribution in [1.82, 2.24) is 9.78 Å². The molecule has 0 aliphatic carbocycles. The summed E-state index contributed by atoms with van der Waals surface area (Å²) in [5.41, 5.74) is 4.54. The summed E-state index contributed by atoms with van der Waals surface area (Å²) >= 11 is 0. The molecule has 0 fully saturated rings. The summed E-state index contributed by atoms with van der Waals surface area (Å²) < 4.78 is 1.84. The van der Waals surface area contributed by atoms with Crippen molar-refractivity contribution in [3.63, 3.8) is 0 Å². The molecule has 0 atom stereocenters. The van der Waals surface area contributed by atoms with Gasteiger partial charge < -0.3 is 10.2 Å². The molecule has 134 valence electrons. The first-order chi connectivity index (χ1) is 12.5. The summed E-state index contributed by atoms with van der Waals surface area (Å²) in [5.74, 6) is 0.511. The van der Waals surface area contributed by atoms with Gasteiger partial charge in [0, 0.05) is 32.0 Å². The Kier molecular flexibility index (Phi) is 5.37. The van der Waals surface area contributed by atoms with Crippen molar-refractivity contribution in [2.24, 2.45) is 0 Å². The Bertz CT molecular complexity index is 881. The van der Waals surface area contributed by atoms with E-state index in [-0.39, 0.29) is 5.91 Å². The predicted octanol–water partition coefficient (Wildman–Crippen LogP) is 3.49. The first kappa shape index (κ1) is 17.7. The van der Waals surface area contributed by atoms with Crippen LogP contribution in [0.3, 0.4) is 0 Å². The molecule has 0 aliphatic heterocycles. The standard InChI is InChI=1S/C21H24N4O/c1-16-6-4-5-7-18(16)15-25-13-12-20(23-25)22-21(26)14-17-8-10-19(11-9-17)24(2)3/h4-13H,14-15H2,1-3H3,(H,22,23,26). The maximum atomic E-state index is 12.3. The van der Waals surface area contributed by atoms with E-state index < -0.39 is 0 Å². The molecule has 0 saturated heterocycles. The second-order valence-electron chi connectivity index (χ2n) is 6.61. The van der Waals surface area contributed by atoms with Gasteiger partial charge in [-0.1, -0.05) is 36.4 Å². The van der Waals surface area contributed by atoms with Gasteiger partial charge in [0.15, 0.2) is 5.82 Å². The van der Waals surface area contributed by atoms with E-state index >= 15 is 0 Å². The molecule has 0 unspecified atom stereocenters. The average molecular weight is 348 g/mol. The van der Waals surface area contributed by atoms with Crippen LogP contribution in [0.5, 0.6) is 0 Å². The maximum absolute atomic E-state index is 12.3. The van der Waals surface area contributed by atoms with Crippen molar-refractivity contribution in [2.45, 2.75) is 19.9 Å². The third-order valence-electron chi connectivity index (χ3n) is 4.32. The summed E-state index contributed by atoms with van der Waals surface area (Å²) in [4.78, 5) is 14.3. The normalized spacial score (nSPS) is 10.6. The highest BCUT2D eigenvalue weighted by Crippen LogP contribution is 2.14. The number of anilines is 2. The third-order valence-corrected chi connectivity index (χ3v) is 4.32. The van der Waals surface area contributed by atoms with E-state index in [0.717, 1.165) is 11.3 Å². The lowest BCUT2D eigenvalue weighted by atomic mass is 10.1. The number of rotatable bonds is 6. The molecule has 2 aromatic carbocycles. The average Bonchev–Trinajstić information content (AvgIpc) is 3.04. The van der Waals surface area contributed by atoms with Gasteiger partial charge in [-0.2, -0.15) is 5.10 Å². The lowest BCUT2D eigenvalue weighted by Crippen LogP contribution is -2.15.